The Hall–Kier alpha value is -2.13. The Morgan fingerprint density at radius 2 is 1.87 bits per heavy atom. The zero-order valence-electron chi connectivity index (χ0n) is 12.9. The van der Waals surface area contributed by atoms with Crippen molar-refractivity contribution in [3.63, 3.8) is 0 Å². The normalized spacial score (nSPS) is 19.5. The summed E-state index contributed by atoms with van der Waals surface area (Å²) in [6, 6.07) is 3.70. The molecule has 1 aromatic carbocycles. The van der Waals surface area contributed by atoms with E-state index in [0.29, 0.717) is 23.9 Å². The molecule has 0 aliphatic carbocycles. The van der Waals surface area contributed by atoms with Crippen LogP contribution in [0.15, 0.2) is 27.9 Å². The van der Waals surface area contributed by atoms with E-state index < -0.39 is 22.0 Å². The van der Waals surface area contributed by atoms with Gasteiger partial charge < -0.3 is 5.73 Å². The average molecular weight is 338 g/mol. The van der Waals surface area contributed by atoms with Crippen molar-refractivity contribution in [3.05, 3.63) is 28.7 Å². The monoisotopic (exact) mass is 338 g/mol. The molecule has 0 saturated carbocycles. The Labute approximate surface area is 133 Å². The highest BCUT2D eigenvalue weighted by atomic mass is 32.2. The molecule has 124 valence electrons. The van der Waals surface area contributed by atoms with Crippen molar-refractivity contribution in [2.45, 2.75) is 23.8 Å². The smallest absolute Gasteiger partial charge is 0.328 e. The number of carbonyl (C=O) groups is 1. The zero-order valence-corrected chi connectivity index (χ0v) is 13.7. The highest BCUT2D eigenvalue weighted by molar-refractivity contribution is 7.89. The molecule has 1 unspecified atom stereocenters. The standard InChI is InChI=1S/C14H18N4O4S/c1-16-10-6-5-9(8-12(10)17(2)14(16)20)23(21,22)18-7-3-4-11(18)13(15)19/h5-6,8,11H,3-4,7H2,1-2H3,(H2,15,19). The first kappa shape index (κ1) is 15.8. The minimum Gasteiger partial charge on any atom is -0.368 e. The minimum atomic E-state index is -3.84. The fourth-order valence-electron chi connectivity index (χ4n) is 3.09. The van der Waals surface area contributed by atoms with Gasteiger partial charge in [0.1, 0.15) is 6.04 Å². The van der Waals surface area contributed by atoms with Gasteiger partial charge in [-0.05, 0) is 31.0 Å². The SMILES string of the molecule is Cn1c(=O)n(C)c2cc(S(=O)(=O)N3CCCC3C(N)=O)ccc21. The lowest BCUT2D eigenvalue weighted by atomic mass is 10.2. The van der Waals surface area contributed by atoms with Gasteiger partial charge in [0.2, 0.25) is 15.9 Å². The third kappa shape index (κ3) is 2.27. The van der Waals surface area contributed by atoms with Crippen molar-refractivity contribution < 1.29 is 13.2 Å². The second-order valence-corrected chi connectivity index (χ2v) is 7.62. The van der Waals surface area contributed by atoms with Crippen LogP contribution in [0.5, 0.6) is 0 Å². The molecule has 1 aliphatic heterocycles. The van der Waals surface area contributed by atoms with Crippen molar-refractivity contribution in [2.75, 3.05) is 6.54 Å². The Bertz CT molecular complexity index is 957. The summed E-state index contributed by atoms with van der Waals surface area (Å²) in [5.74, 6) is -0.640. The van der Waals surface area contributed by atoms with Gasteiger partial charge in [-0.1, -0.05) is 0 Å². The number of carbonyl (C=O) groups excluding carboxylic acids is 1. The number of hydrogen-bond donors (Lipinski definition) is 1. The van der Waals surface area contributed by atoms with Crippen LogP contribution in [0.3, 0.4) is 0 Å². The van der Waals surface area contributed by atoms with Crippen molar-refractivity contribution in [3.8, 4) is 0 Å². The van der Waals surface area contributed by atoms with Crippen molar-refractivity contribution in [1.29, 1.82) is 0 Å². The second kappa shape index (κ2) is 5.20. The van der Waals surface area contributed by atoms with E-state index in [4.69, 9.17) is 5.73 Å². The van der Waals surface area contributed by atoms with E-state index in [1.807, 2.05) is 0 Å². The Balaban J connectivity index is 2.14. The molecule has 3 rings (SSSR count). The Morgan fingerprint density at radius 3 is 2.52 bits per heavy atom. The first-order chi connectivity index (χ1) is 10.7. The van der Waals surface area contributed by atoms with E-state index in [2.05, 4.69) is 0 Å². The number of aryl methyl sites for hydroxylation is 2. The predicted octanol–water partition coefficient (Wildman–Crippen LogP) is -0.485. The molecule has 2 N–H and O–H groups in total. The third-order valence-electron chi connectivity index (χ3n) is 4.38. The van der Waals surface area contributed by atoms with Crippen LogP contribution in [-0.2, 0) is 28.9 Å². The molecule has 0 radical (unpaired) electrons. The first-order valence-corrected chi connectivity index (χ1v) is 8.66. The topological polar surface area (TPSA) is 107 Å². The molecule has 9 heteroatoms. The summed E-state index contributed by atoms with van der Waals surface area (Å²) in [6.45, 7) is 0.266. The summed E-state index contributed by atoms with van der Waals surface area (Å²) in [7, 11) is -0.623. The molecule has 1 amide bonds. The number of nitrogens with zero attached hydrogens (tertiary/aromatic N) is 3. The summed E-state index contributed by atoms with van der Waals surface area (Å²) in [5, 5.41) is 0. The molecule has 2 aromatic rings. The van der Waals surface area contributed by atoms with Crippen molar-refractivity contribution >= 4 is 27.0 Å². The van der Waals surface area contributed by atoms with Gasteiger partial charge in [-0.15, -0.1) is 0 Å². The van der Waals surface area contributed by atoms with E-state index in [-0.39, 0.29) is 17.1 Å². The van der Waals surface area contributed by atoms with Gasteiger partial charge in [-0.2, -0.15) is 4.31 Å². The summed E-state index contributed by atoms with van der Waals surface area (Å²) in [6.07, 6.45) is 1.03. The highest BCUT2D eigenvalue weighted by Crippen LogP contribution is 2.27. The molecule has 2 heterocycles. The first-order valence-electron chi connectivity index (χ1n) is 7.22. The van der Waals surface area contributed by atoms with Gasteiger partial charge in [0.15, 0.2) is 0 Å². The van der Waals surface area contributed by atoms with E-state index in [1.165, 1.54) is 21.3 Å². The number of benzene rings is 1. The number of rotatable bonds is 3. The number of imidazole rings is 1. The van der Waals surface area contributed by atoms with Crippen molar-refractivity contribution in [1.82, 2.24) is 13.4 Å². The predicted molar refractivity (Wildman–Crippen MR) is 84.3 cm³/mol. The number of hydrogen-bond acceptors (Lipinski definition) is 4. The van der Waals surface area contributed by atoms with Gasteiger partial charge >= 0.3 is 5.69 Å². The van der Waals surface area contributed by atoms with E-state index in [1.54, 1.807) is 20.2 Å². The van der Waals surface area contributed by atoms with Crippen LogP contribution in [0.1, 0.15) is 12.8 Å². The maximum absolute atomic E-state index is 12.8. The van der Waals surface area contributed by atoms with E-state index in [9.17, 15) is 18.0 Å². The molecular formula is C14H18N4O4S. The number of amides is 1. The summed E-state index contributed by atoms with van der Waals surface area (Å²) in [5.41, 5.74) is 6.24. The molecule has 1 fully saturated rings. The molecule has 0 spiro atoms. The Morgan fingerprint density at radius 1 is 1.22 bits per heavy atom. The molecule has 0 bridgehead atoms. The highest BCUT2D eigenvalue weighted by Gasteiger charge is 2.38. The largest absolute Gasteiger partial charge is 0.368 e. The fraction of sp³-hybridized carbons (Fsp3) is 0.429. The number of fused-ring (bicyclic) bond motifs is 1. The van der Waals surface area contributed by atoms with Crippen LogP contribution >= 0.6 is 0 Å². The summed E-state index contributed by atoms with van der Waals surface area (Å²) >= 11 is 0. The van der Waals surface area contributed by atoms with Gasteiger partial charge in [-0.25, -0.2) is 13.2 Å². The molecule has 1 aliphatic rings. The maximum Gasteiger partial charge on any atom is 0.328 e. The lowest BCUT2D eigenvalue weighted by Crippen LogP contribution is -2.43. The number of nitrogens with two attached hydrogens (primary N) is 1. The molecule has 1 saturated heterocycles. The number of primary amides is 1. The third-order valence-corrected chi connectivity index (χ3v) is 6.29. The van der Waals surface area contributed by atoms with Crippen molar-refractivity contribution in [2.24, 2.45) is 19.8 Å². The number of aromatic nitrogens is 2. The van der Waals surface area contributed by atoms with Crippen LogP contribution in [0.25, 0.3) is 11.0 Å². The van der Waals surface area contributed by atoms with Gasteiger partial charge in [0, 0.05) is 20.6 Å². The summed E-state index contributed by atoms with van der Waals surface area (Å²) < 4.78 is 29.6. The Kier molecular flexibility index (Phi) is 3.56. The number of sulfonamides is 1. The maximum atomic E-state index is 12.8. The molecule has 8 nitrogen and oxygen atoms in total. The molecule has 1 atom stereocenters. The van der Waals surface area contributed by atoms with Gasteiger partial charge in [0.05, 0.1) is 15.9 Å². The summed E-state index contributed by atoms with van der Waals surface area (Å²) in [4.78, 5) is 23.5. The molecule has 23 heavy (non-hydrogen) atoms. The minimum absolute atomic E-state index is 0.0550. The zero-order chi connectivity index (χ0) is 16.9. The van der Waals surface area contributed by atoms with Gasteiger partial charge in [-0.3, -0.25) is 13.9 Å². The van der Waals surface area contributed by atoms with Crippen LogP contribution in [0, 0.1) is 0 Å². The lowest BCUT2D eigenvalue weighted by molar-refractivity contribution is -0.121. The van der Waals surface area contributed by atoms with Gasteiger partial charge in [0.25, 0.3) is 0 Å². The average Bonchev–Trinajstić information content (AvgIpc) is 3.09. The van der Waals surface area contributed by atoms with E-state index >= 15 is 0 Å². The quantitative estimate of drug-likeness (QED) is 0.815. The lowest BCUT2D eigenvalue weighted by Gasteiger charge is -2.21. The van der Waals surface area contributed by atoms with E-state index in [0.717, 1.165) is 4.31 Å². The fourth-order valence-corrected chi connectivity index (χ4v) is 4.78. The van der Waals surface area contributed by atoms with Crippen LogP contribution in [-0.4, -0.2) is 40.4 Å². The molecular weight excluding hydrogens is 320 g/mol. The molecule has 1 aromatic heterocycles. The van der Waals surface area contributed by atoms with Crippen LogP contribution in [0.2, 0.25) is 0 Å². The van der Waals surface area contributed by atoms with Crippen LogP contribution < -0.4 is 11.4 Å². The van der Waals surface area contributed by atoms with Crippen LogP contribution in [0.4, 0.5) is 0 Å². The second-order valence-electron chi connectivity index (χ2n) is 5.73.